The minimum Gasteiger partial charge on any atom is -0.336 e. The van der Waals surface area contributed by atoms with Crippen LogP contribution in [0.3, 0.4) is 0 Å². The maximum Gasteiger partial charge on any atom is 0.232 e. The number of nitrogens with one attached hydrogen (secondary N) is 1. The normalized spacial score (nSPS) is 22.4. The predicted octanol–water partition coefficient (Wildman–Crippen LogP) is 0.950. The Morgan fingerprint density at radius 2 is 2.43 bits per heavy atom. The van der Waals surface area contributed by atoms with Crippen molar-refractivity contribution in [3.63, 3.8) is 0 Å². The second-order valence-electron chi connectivity index (χ2n) is 3.67. The van der Waals surface area contributed by atoms with Crippen LogP contribution in [0.2, 0.25) is 0 Å². The lowest BCUT2D eigenvalue weighted by Gasteiger charge is -2.36. The highest BCUT2D eigenvalue weighted by Gasteiger charge is 2.24. The van der Waals surface area contributed by atoms with E-state index in [1.807, 2.05) is 6.26 Å². The molecule has 0 radical (unpaired) electrons. The van der Waals surface area contributed by atoms with Gasteiger partial charge in [0.2, 0.25) is 5.91 Å². The molecule has 14 heavy (non-hydrogen) atoms. The summed E-state index contributed by atoms with van der Waals surface area (Å²) < 4.78 is 0. The summed E-state index contributed by atoms with van der Waals surface area (Å²) in [5, 5.41) is 3.35. The molecule has 1 rings (SSSR count). The molecule has 0 aromatic heterocycles. The highest BCUT2D eigenvalue weighted by atomic mass is 32.2. The fourth-order valence-corrected chi connectivity index (χ4v) is 2.30. The van der Waals surface area contributed by atoms with Gasteiger partial charge in [-0.3, -0.25) is 4.79 Å². The van der Waals surface area contributed by atoms with Crippen LogP contribution in [0, 0.1) is 0 Å². The molecule has 0 aromatic carbocycles. The number of piperazine rings is 1. The number of hydrogen-bond donors (Lipinski definition) is 1. The average Bonchev–Trinajstić information content (AvgIpc) is 2.19. The number of thioether (sulfide) groups is 1. The van der Waals surface area contributed by atoms with Gasteiger partial charge in [-0.05, 0) is 12.7 Å². The first-order chi connectivity index (χ1) is 6.79. The Morgan fingerprint density at radius 3 is 3.07 bits per heavy atom. The van der Waals surface area contributed by atoms with Crippen molar-refractivity contribution in [2.45, 2.75) is 25.8 Å². The molecule has 0 bridgehead atoms. The van der Waals surface area contributed by atoms with E-state index in [0.717, 1.165) is 32.5 Å². The SMILES string of the molecule is CCCC1CNCCN1C(=O)CSC. The maximum absolute atomic E-state index is 11.8. The molecule has 1 heterocycles. The predicted molar refractivity (Wildman–Crippen MR) is 61.7 cm³/mol. The fraction of sp³-hybridized carbons (Fsp3) is 0.900. The quantitative estimate of drug-likeness (QED) is 0.759. The number of nitrogens with zero attached hydrogens (tertiary/aromatic N) is 1. The summed E-state index contributed by atoms with van der Waals surface area (Å²) in [5.41, 5.74) is 0. The molecule has 0 spiro atoms. The first kappa shape index (κ1) is 11.9. The van der Waals surface area contributed by atoms with Gasteiger partial charge in [0.25, 0.3) is 0 Å². The van der Waals surface area contributed by atoms with Crippen LogP contribution in [-0.2, 0) is 4.79 Å². The highest BCUT2D eigenvalue weighted by molar-refractivity contribution is 7.99. The fourth-order valence-electron chi connectivity index (χ4n) is 1.89. The van der Waals surface area contributed by atoms with Crippen molar-refractivity contribution in [1.82, 2.24) is 10.2 Å². The Balaban J connectivity index is 2.48. The molecule has 1 aliphatic heterocycles. The molecule has 4 heteroatoms. The molecule has 0 aromatic rings. The van der Waals surface area contributed by atoms with E-state index in [2.05, 4.69) is 17.1 Å². The first-order valence-corrected chi connectivity index (χ1v) is 6.68. The highest BCUT2D eigenvalue weighted by Crippen LogP contribution is 2.11. The molecule has 3 nitrogen and oxygen atoms in total. The molecule has 0 aliphatic carbocycles. The Bertz CT molecular complexity index is 185. The van der Waals surface area contributed by atoms with Crippen LogP contribution in [0.15, 0.2) is 0 Å². The molecule has 1 saturated heterocycles. The average molecular weight is 216 g/mol. The summed E-state index contributed by atoms with van der Waals surface area (Å²) >= 11 is 1.61. The van der Waals surface area contributed by atoms with Crippen LogP contribution in [0.1, 0.15) is 19.8 Å². The van der Waals surface area contributed by atoms with Gasteiger partial charge in [-0.2, -0.15) is 11.8 Å². The molecule has 0 saturated carbocycles. The second kappa shape index (κ2) is 6.30. The molecule has 82 valence electrons. The standard InChI is InChI=1S/C10H20N2OS/c1-3-4-9-7-11-5-6-12(9)10(13)8-14-2/h9,11H,3-8H2,1-2H3. The van der Waals surface area contributed by atoms with E-state index in [1.165, 1.54) is 0 Å². The maximum atomic E-state index is 11.8. The van der Waals surface area contributed by atoms with Crippen LogP contribution in [0.5, 0.6) is 0 Å². The summed E-state index contributed by atoms with van der Waals surface area (Å²) in [6.45, 7) is 4.96. The van der Waals surface area contributed by atoms with Crippen molar-refractivity contribution in [3.05, 3.63) is 0 Å². The molecular formula is C10H20N2OS. The van der Waals surface area contributed by atoms with E-state index in [4.69, 9.17) is 0 Å². The van der Waals surface area contributed by atoms with Crippen molar-refractivity contribution in [2.75, 3.05) is 31.6 Å². The van der Waals surface area contributed by atoms with Crippen LogP contribution < -0.4 is 5.32 Å². The molecule has 1 N–H and O–H groups in total. The molecule has 1 amide bonds. The van der Waals surface area contributed by atoms with E-state index in [1.54, 1.807) is 11.8 Å². The zero-order valence-corrected chi connectivity index (χ0v) is 9.90. The van der Waals surface area contributed by atoms with Crippen molar-refractivity contribution in [3.8, 4) is 0 Å². The molecule has 1 unspecified atom stereocenters. The third-order valence-corrected chi connectivity index (χ3v) is 3.10. The van der Waals surface area contributed by atoms with E-state index in [0.29, 0.717) is 17.7 Å². The smallest absolute Gasteiger partial charge is 0.232 e. The lowest BCUT2D eigenvalue weighted by atomic mass is 10.1. The topological polar surface area (TPSA) is 32.3 Å². The number of carbonyl (C=O) groups is 1. The number of amides is 1. The number of rotatable bonds is 4. The lowest BCUT2D eigenvalue weighted by molar-refractivity contribution is -0.131. The summed E-state index contributed by atoms with van der Waals surface area (Å²) in [6, 6.07) is 0.424. The van der Waals surface area contributed by atoms with Gasteiger partial charge in [0.05, 0.1) is 5.75 Å². The van der Waals surface area contributed by atoms with Gasteiger partial charge in [-0.1, -0.05) is 13.3 Å². The van der Waals surface area contributed by atoms with Crippen molar-refractivity contribution >= 4 is 17.7 Å². The lowest BCUT2D eigenvalue weighted by Crippen LogP contribution is -2.54. The zero-order valence-electron chi connectivity index (χ0n) is 9.08. The Labute approximate surface area is 90.6 Å². The van der Waals surface area contributed by atoms with Crippen LogP contribution in [0.25, 0.3) is 0 Å². The van der Waals surface area contributed by atoms with Crippen molar-refractivity contribution in [2.24, 2.45) is 0 Å². The third kappa shape index (κ3) is 3.17. The largest absolute Gasteiger partial charge is 0.336 e. The summed E-state index contributed by atoms with van der Waals surface area (Å²) in [7, 11) is 0. The zero-order chi connectivity index (χ0) is 10.4. The van der Waals surface area contributed by atoms with Gasteiger partial charge in [-0.15, -0.1) is 0 Å². The summed E-state index contributed by atoms with van der Waals surface area (Å²) in [6.07, 6.45) is 4.25. The third-order valence-electron chi connectivity index (χ3n) is 2.56. The molecule has 1 fully saturated rings. The van der Waals surface area contributed by atoms with E-state index in [-0.39, 0.29) is 0 Å². The Hall–Kier alpha value is -0.220. The number of hydrogen-bond acceptors (Lipinski definition) is 3. The van der Waals surface area contributed by atoms with Crippen LogP contribution in [-0.4, -0.2) is 48.5 Å². The molecular weight excluding hydrogens is 196 g/mol. The Kier molecular flexibility index (Phi) is 5.33. The number of carbonyl (C=O) groups excluding carboxylic acids is 1. The Morgan fingerprint density at radius 1 is 1.64 bits per heavy atom. The second-order valence-corrected chi connectivity index (χ2v) is 4.53. The monoisotopic (exact) mass is 216 g/mol. The van der Waals surface area contributed by atoms with Crippen molar-refractivity contribution in [1.29, 1.82) is 0 Å². The van der Waals surface area contributed by atoms with Gasteiger partial charge in [0.15, 0.2) is 0 Å². The van der Waals surface area contributed by atoms with E-state index < -0.39 is 0 Å². The van der Waals surface area contributed by atoms with Crippen molar-refractivity contribution < 1.29 is 4.79 Å². The van der Waals surface area contributed by atoms with Gasteiger partial charge in [0.1, 0.15) is 0 Å². The molecule has 1 aliphatic rings. The van der Waals surface area contributed by atoms with Crippen LogP contribution >= 0.6 is 11.8 Å². The molecule has 1 atom stereocenters. The van der Waals surface area contributed by atoms with Gasteiger partial charge >= 0.3 is 0 Å². The summed E-state index contributed by atoms with van der Waals surface area (Å²) in [5.74, 6) is 0.928. The van der Waals surface area contributed by atoms with Gasteiger partial charge in [-0.25, -0.2) is 0 Å². The van der Waals surface area contributed by atoms with E-state index in [9.17, 15) is 4.79 Å². The van der Waals surface area contributed by atoms with Gasteiger partial charge < -0.3 is 10.2 Å². The van der Waals surface area contributed by atoms with E-state index >= 15 is 0 Å². The van der Waals surface area contributed by atoms with Gasteiger partial charge in [0, 0.05) is 25.7 Å². The van der Waals surface area contributed by atoms with Crippen LogP contribution in [0.4, 0.5) is 0 Å². The summed E-state index contributed by atoms with van der Waals surface area (Å²) in [4.78, 5) is 13.8. The first-order valence-electron chi connectivity index (χ1n) is 5.28. The minimum absolute atomic E-state index is 0.303. The minimum atomic E-state index is 0.303.